The lowest BCUT2D eigenvalue weighted by molar-refractivity contribution is -0.139. The average molecular weight is 307 g/mol. The van der Waals surface area contributed by atoms with Gasteiger partial charge in [0.2, 0.25) is 0 Å². The number of carbonyl (C=O) groups excluding carboxylic acids is 1. The van der Waals surface area contributed by atoms with Crippen LogP contribution in [-0.2, 0) is 4.79 Å². The highest BCUT2D eigenvalue weighted by molar-refractivity contribution is 5.94. The van der Waals surface area contributed by atoms with Gasteiger partial charge in [-0.25, -0.2) is 4.79 Å². The summed E-state index contributed by atoms with van der Waals surface area (Å²) in [6.45, 7) is 2.43. The van der Waals surface area contributed by atoms with E-state index >= 15 is 0 Å². The summed E-state index contributed by atoms with van der Waals surface area (Å²) in [5.41, 5.74) is 0.474. The van der Waals surface area contributed by atoms with Crippen molar-refractivity contribution in [2.24, 2.45) is 5.92 Å². The summed E-state index contributed by atoms with van der Waals surface area (Å²) in [5, 5.41) is 11.5. The van der Waals surface area contributed by atoms with Crippen molar-refractivity contribution in [2.45, 2.75) is 26.2 Å². The molecule has 1 fully saturated rings. The minimum Gasteiger partial charge on any atom is -0.490 e. The molecule has 0 aromatic heterocycles. The quantitative estimate of drug-likeness (QED) is 0.729. The van der Waals surface area contributed by atoms with Gasteiger partial charge in [-0.15, -0.1) is 0 Å². The molecule has 6 heteroatoms. The van der Waals surface area contributed by atoms with Gasteiger partial charge in [0.05, 0.1) is 6.61 Å². The number of carboxylic acid groups (broad SMARTS) is 1. The van der Waals surface area contributed by atoms with Crippen LogP contribution in [0.5, 0.6) is 11.5 Å². The van der Waals surface area contributed by atoms with Crippen LogP contribution < -0.4 is 14.8 Å². The maximum Gasteiger partial charge on any atom is 0.341 e. The molecule has 0 spiro atoms. The van der Waals surface area contributed by atoms with Gasteiger partial charge < -0.3 is 19.9 Å². The maximum absolute atomic E-state index is 12.1. The lowest BCUT2D eigenvalue weighted by Crippen LogP contribution is -2.24. The van der Waals surface area contributed by atoms with Crippen LogP contribution in [0.25, 0.3) is 0 Å². The fourth-order valence-electron chi connectivity index (χ4n) is 2.07. The average Bonchev–Trinajstić information content (AvgIpc) is 3.30. The van der Waals surface area contributed by atoms with Crippen molar-refractivity contribution < 1.29 is 24.2 Å². The van der Waals surface area contributed by atoms with E-state index in [-0.39, 0.29) is 5.91 Å². The largest absolute Gasteiger partial charge is 0.490 e. The predicted octanol–water partition coefficient (Wildman–Crippen LogP) is 2.08. The number of nitrogens with one attached hydrogen (secondary N) is 1. The van der Waals surface area contributed by atoms with Gasteiger partial charge in [-0.2, -0.15) is 0 Å². The van der Waals surface area contributed by atoms with Gasteiger partial charge in [-0.3, -0.25) is 4.79 Å². The Hall–Kier alpha value is -2.24. The van der Waals surface area contributed by atoms with Crippen LogP contribution in [0.15, 0.2) is 18.2 Å². The molecule has 1 amide bonds. The van der Waals surface area contributed by atoms with Crippen LogP contribution in [0, 0.1) is 5.92 Å². The fraction of sp³-hybridized carbons (Fsp3) is 0.500. The first kappa shape index (κ1) is 16.1. The summed E-state index contributed by atoms with van der Waals surface area (Å²) in [6, 6.07) is 4.74. The van der Waals surface area contributed by atoms with E-state index in [9.17, 15) is 9.59 Å². The molecule has 0 bridgehead atoms. The molecule has 0 atom stereocenters. The number of carbonyl (C=O) groups is 2. The number of hydrogen-bond acceptors (Lipinski definition) is 4. The maximum atomic E-state index is 12.1. The molecule has 0 unspecified atom stereocenters. The van der Waals surface area contributed by atoms with Gasteiger partial charge in [-0.1, -0.05) is 12.8 Å². The van der Waals surface area contributed by atoms with E-state index in [0.717, 1.165) is 12.3 Å². The number of aliphatic carboxylic acids is 1. The second-order valence-corrected chi connectivity index (χ2v) is 5.26. The molecule has 0 saturated heterocycles. The van der Waals surface area contributed by atoms with E-state index in [2.05, 4.69) is 5.32 Å². The Kier molecular flexibility index (Phi) is 5.63. The molecule has 1 aromatic carbocycles. The topological polar surface area (TPSA) is 84.9 Å². The SMILES string of the molecule is CCOc1cc(C(=O)NCCC2CC2)ccc1OCC(=O)O. The van der Waals surface area contributed by atoms with Gasteiger partial charge in [0.1, 0.15) is 0 Å². The van der Waals surface area contributed by atoms with Crippen molar-refractivity contribution >= 4 is 11.9 Å². The number of benzene rings is 1. The third-order valence-corrected chi connectivity index (χ3v) is 3.39. The van der Waals surface area contributed by atoms with Gasteiger partial charge >= 0.3 is 5.97 Å². The molecular weight excluding hydrogens is 286 g/mol. The Balaban J connectivity index is 1.99. The summed E-state index contributed by atoms with van der Waals surface area (Å²) in [4.78, 5) is 22.6. The number of carboxylic acids is 1. The predicted molar refractivity (Wildman–Crippen MR) is 80.4 cm³/mol. The first-order valence-corrected chi connectivity index (χ1v) is 7.49. The molecule has 22 heavy (non-hydrogen) atoms. The molecule has 120 valence electrons. The summed E-state index contributed by atoms with van der Waals surface area (Å²) >= 11 is 0. The second kappa shape index (κ2) is 7.68. The molecular formula is C16H21NO5. The molecule has 0 aliphatic heterocycles. The highest BCUT2D eigenvalue weighted by Gasteiger charge is 2.21. The van der Waals surface area contributed by atoms with Crippen LogP contribution in [0.1, 0.15) is 36.5 Å². The number of rotatable bonds is 9. The van der Waals surface area contributed by atoms with Crippen molar-refractivity contribution in [1.29, 1.82) is 0 Å². The number of ether oxygens (including phenoxy) is 2. The van der Waals surface area contributed by atoms with E-state index < -0.39 is 12.6 Å². The van der Waals surface area contributed by atoms with Crippen molar-refractivity contribution in [3.05, 3.63) is 23.8 Å². The van der Waals surface area contributed by atoms with E-state index in [4.69, 9.17) is 14.6 Å². The molecule has 1 saturated carbocycles. The minimum atomic E-state index is -1.07. The van der Waals surface area contributed by atoms with Crippen LogP contribution in [-0.4, -0.2) is 36.7 Å². The van der Waals surface area contributed by atoms with Crippen molar-refractivity contribution in [3.8, 4) is 11.5 Å². The minimum absolute atomic E-state index is 0.161. The van der Waals surface area contributed by atoms with E-state index in [1.165, 1.54) is 12.8 Å². The highest BCUT2D eigenvalue weighted by Crippen LogP contribution is 2.32. The van der Waals surface area contributed by atoms with Gasteiger partial charge in [0.25, 0.3) is 5.91 Å². The summed E-state index contributed by atoms with van der Waals surface area (Å²) in [7, 11) is 0. The Labute approximate surface area is 129 Å². The van der Waals surface area contributed by atoms with Gasteiger partial charge in [0.15, 0.2) is 18.1 Å². The third-order valence-electron chi connectivity index (χ3n) is 3.39. The van der Waals surface area contributed by atoms with Crippen LogP contribution in [0.3, 0.4) is 0 Å². The Bertz CT molecular complexity index is 539. The highest BCUT2D eigenvalue weighted by atomic mass is 16.5. The number of amides is 1. The molecule has 1 aliphatic carbocycles. The Morgan fingerprint density at radius 2 is 2.05 bits per heavy atom. The van der Waals surface area contributed by atoms with Crippen molar-refractivity contribution in [1.82, 2.24) is 5.32 Å². The van der Waals surface area contributed by atoms with Crippen molar-refractivity contribution in [3.63, 3.8) is 0 Å². The van der Waals surface area contributed by atoms with Crippen LogP contribution in [0.4, 0.5) is 0 Å². The van der Waals surface area contributed by atoms with E-state index in [0.29, 0.717) is 30.2 Å². The number of hydrogen-bond donors (Lipinski definition) is 2. The third kappa shape index (κ3) is 4.95. The monoisotopic (exact) mass is 307 g/mol. The lowest BCUT2D eigenvalue weighted by Gasteiger charge is -2.12. The Morgan fingerprint density at radius 1 is 1.27 bits per heavy atom. The van der Waals surface area contributed by atoms with Gasteiger partial charge in [-0.05, 0) is 37.5 Å². The van der Waals surface area contributed by atoms with Gasteiger partial charge in [0, 0.05) is 12.1 Å². The summed E-state index contributed by atoms with van der Waals surface area (Å²) < 4.78 is 10.6. The second-order valence-electron chi connectivity index (χ2n) is 5.26. The van der Waals surface area contributed by atoms with E-state index in [1.807, 2.05) is 6.92 Å². The summed E-state index contributed by atoms with van der Waals surface area (Å²) in [6.07, 6.45) is 3.55. The fourth-order valence-corrected chi connectivity index (χ4v) is 2.07. The molecule has 0 radical (unpaired) electrons. The molecule has 0 heterocycles. The molecule has 1 aromatic rings. The Morgan fingerprint density at radius 3 is 2.68 bits per heavy atom. The van der Waals surface area contributed by atoms with Crippen LogP contribution in [0.2, 0.25) is 0 Å². The molecule has 2 rings (SSSR count). The zero-order valence-corrected chi connectivity index (χ0v) is 12.6. The molecule has 6 nitrogen and oxygen atoms in total. The van der Waals surface area contributed by atoms with Crippen molar-refractivity contribution in [2.75, 3.05) is 19.8 Å². The zero-order valence-electron chi connectivity index (χ0n) is 12.6. The molecule has 2 N–H and O–H groups in total. The summed E-state index contributed by atoms with van der Waals surface area (Å²) in [5.74, 6) is 0.235. The first-order valence-electron chi connectivity index (χ1n) is 7.49. The molecule has 1 aliphatic rings. The lowest BCUT2D eigenvalue weighted by atomic mass is 10.2. The first-order chi connectivity index (χ1) is 10.6. The standard InChI is InChI=1S/C16H21NO5/c1-2-21-14-9-12(5-6-13(14)22-10-15(18)19)16(20)17-8-7-11-3-4-11/h5-6,9,11H,2-4,7-8,10H2,1H3,(H,17,20)(H,18,19). The normalized spacial score (nSPS) is 13.5. The smallest absolute Gasteiger partial charge is 0.341 e. The van der Waals surface area contributed by atoms with E-state index in [1.54, 1.807) is 18.2 Å². The zero-order chi connectivity index (χ0) is 15.9. The van der Waals surface area contributed by atoms with Crippen LogP contribution >= 0.6 is 0 Å².